The highest BCUT2D eigenvalue weighted by molar-refractivity contribution is 6.12. The van der Waals surface area contributed by atoms with Crippen LogP contribution < -0.4 is 0 Å². The van der Waals surface area contributed by atoms with Crippen LogP contribution in [0.4, 0.5) is 4.39 Å². The first-order valence-corrected chi connectivity index (χ1v) is 8.69. The van der Waals surface area contributed by atoms with Gasteiger partial charge in [-0.2, -0.15) is 0 Å². The summed E-state index contributed by atoms with van der Waals surface area (Å²) in [4.78, 5) is 4.73. The molecule has 3 aromatic carbocycles. The maximum absolute atomic E-state index is 13.9. The third-order valence-corrected chi connectivity index (χ3v) is 5.16. The zero-order valence-corrected chi connectivity index (χ0v) is 14.6. The number of imidazole rings is 1. The monoisotopic (exact) mass is 340 g/mol. The fourth-order valence-corrected chi connectivity index (χ4v) is 4.01. The molecule has 0 radical (unpaired) electrons. The fourth-order valence-electron chi connectivity index (χ4n) is 4.01. The van der Waals surface area contributed by atoms with Crippen LogP contribution >= 0.6 is 0 Å². The van der Waals surface area contributed by atoms with Gasteiger partial charge in [-0.3, -0.25) is 4.40 Å². The van der Waals surface area contributed by atoms with Crippen LogP contribution in [0.5, 0.6) is 0 Å². The molecule has 5 aromatic rings. The van der Waals surface area contributed by atoms with Crippen LogP contribution in [0.15, 0.2) is 66.9 Å². The smallest absolute Gasteiger partial charge is 0.145 e. The van der Waals surface area contributed by atoms with E-state index in [-0.39, 0.29) is 5.82 Å². The molecule has 0 unspecified atom stereocenters. The molecule has 0 aliphatic carbocycles. The third kappa shape index (κ3) is 2.00. The van der Waals surface area contributed by atoms with Crippen molar-refractivity contribution in [3.05, 3.63) is 83.8 Å². The second kappa shape index (κ2) is 5.40. The van der Waals surface area contributed by atoms with Crippen molar-refractivity contribution < 1.29 is 4.39 Å². The van der Waals surface area contributed by atoms with Gasteiger partial charge < -0.3 is 0 Å². The summed E-state index contributed by atoms with van der Waals surface area (Å²) >= 11 is 0. The van der Waals surface area contributed by atoms with Crippen molar-refractivity contribution in [3.8, 4) is 11.3 Å². The van der Waals surface area contributed by atoms with Crippen molar-refractivity contribution in [3.63, 3.8) is 0 Å². The van der Waals surface area contributed by atoms with E-state index in [9.17, 15) is 4.39 Å². The molecule has 0 N–H and O–H groups in total. The normalized spacial score (nSPS) is 11.7. The second-order valence-electron chi connectivity index (χ2n) is 6.78. The Balaban J connectivity index is 2.04. The molecular weight excluding hydrogens is 323 g/mol. The zero-order chi connectivity index (χ0) is 17.8. The number of hydrogen-bond acceptors (Lipinski definition) is 1. The van der Waals surface area contributed by atoms with Gasteiger partial charge in [0, 0.05) is 16.3 Å². The number of rotatable bonds is 1. The molecule has 0 aliphatic heterocycles. The molecule has 126 valence electrons. The highest BCUT2D eigenvalue weighted by Gasteiger charge is 2.16. The molecule has 5 rings (SSSR count). The first-order chi connectivity index (χ1) is 12.6. The number of benzene rings is 3. The number of fused-ring (bicyclic) bond motifs is 6. The molecule has 0 atom stereocenters. The molecule has 0 saturated carbocycles. The molecule has 0 bridgehead atoms. The molecule has 2 heterocycles. The average molecular weight is 340 g/mol. The Kier molecular flexibility index (Phi) is 3.13. The van der Waals surface area contributed by atoms with Crippen molar-refractivity contribution in [2.75, 3.05) is 0 Å². The van der Waals surface area contributed by atoms with Gasteiger partial charge in [-0.05, 0) is 54.6 Å². The summed E-state index contributed by atoms with van der Waals surface area (Å²) < 4.78 is 16.1. The zero-order valence-electron chi connectivity index (χ0n) is 14.6. The number of aromatic nitrogens is 2. The van der Waals surface area contributed by atoms with Crippen molar-refractivity contribution in [2.24, 2.45) is 0 Å². The summed E-state index contributed by atoms with van der Waals surface area (Å²) in [6, 6.07) is 19.4. The molecule has 2 nitrogen and oxygen atoms in total. The molecule has 0 amide bonds. The van der Waals surface area contributed by atoms with Crippen LogP contribution in [0, 0.1) is 19.7 Å². The maximum atomic E-state index is 13.9. The Morgan fingerprint density at radius 2 is 1.58 bits per heavy atom. The lowest BCUT2D eigenvalue weighted by molar-refractivity contribution is 0.630. The van der Waals surface area contributed by atoms with E-state index in [4.69, 9.17) is 4.98 Å². The van der Waals surface area contributed by atoms with E-state index in [0.717, 1.165) is 33.0 Å². The second-order valence-corrected chi connectivity index (χ2v) is 6.78. The molecule has 0 fully saturated rings. The van der Waals surface area contributed by atoms with Crippen LogP contribution in [-0.4, -0.2) is 9.38 Å². The van der Waals surface area contributed by atoms with Gasteiger partial charge in [0.25, 0.3) is 0 Å². The molecule has 0 spiro atoms. The predicted molar refractivity (Wildman–Crippen MR) is 105 cm³/mol. The lowest BCUT2D eigenvalue weighted by Gasteiger charge is -2.13. The highest BCUT2D eigenvalue weighted by Crippen LogP contribution is 2.35. The van der Waals surface area contributed by atoms with E-state index in [0.29, 0.717) is 0 Å². The average Bonchev–Trinajstić information content (AvgIpc) is 3.07. The minimum absolute atomic E-state index is 0.228. The lowest BCUT2D eigenvalue weighted by atomic mass is 10.00. The van der Waals surface area contributed by atoms with E-state index < -0.39 is 0 Å². The van der Waals surface area contributed by atoms with Gasteiger partial charge in [0.05, 0.1) is 17.4 Å². The van der Waals surface area contributed by atoms with Crippen molar-refractivity contribution >= 4 is 27.3 Å². The number of para-hydroxylation sites is 1. The Bertz CT molecular complexity index is 1290. The van der Waals surface area contributed by atoms with Gasteiger partial charge in [-0.15, -0.1) is 0 Å². The topological polar surface area (TPSA) is 17.3 Å². The van der Waals surface area contributed by atoms with Gasteiger partial charge in [0.2, 0.25) is 0 Å². The minimum Gasteiger partial charge on any atom is -0.292 e. The number of pyridine rings is 1. The lowest BCUT2D eigenvalue weighted by Crippen LogP contribution is -1.96. The standard InChI is InChI=1S/C23H17FN2/c1-14-6-5-7-15(2)22(14)21-13-25-23-18-11-10-16(24)12-19(18)17-8-3-4-9-20(17)26(21)23/h3-13H,1-2H3. The highest BCUT2D eigenvalue weighted by atomic mass is 19.1. The first kappa shape index (κ1) is 15.1. The molecule has 3 heteroatoms. The number of aryl methyl sites for hydroxylation is 2. The van der Waals surface area contributed by atoms with Crippen LogP contribution in [0.3, 0.4) is 0 Å². The van der Waals surface area contributed by atoms with Crippen molar-refractivity contribution in [1.29, 1.82) is 0 Å². The van der Waals surface area contributed by atoms with Gasteiger partial charge in [0.15, 0.2) is 0 Å². The van der Waals surface area contributed by atoms with E-state index in [1.165, 1.54) is 22.8 Å². The molecule has 0 aliphatic rings. The SMILES string of the molecule is Cc1cccc(C)c1-c1cnc2c3ccc(F)cc3c3ccccc3n12. The summed E-state index contributed by atoms with van der Waals surface area (Å²) in [7, 11) is 0. The first-order valence-electron chi connectivity index (χ1n) is 8.69. The third-order valence-electron chi connectivity index (χ3n) is 5.16. The molecular formula is C23H17FN2. The predicted octanol–water partition coefficient (Wildman–Crippen LogP) is 6.06. The summed E-state index contributed by atoms with van der Waals surface area (Å²) in [6.07, 6.45) is 1.93. The van der Waals surface area contributed by atoms with Crippen LogP contribution in [0.1, 0.15) is 11.1 Å². The van der Waals surface area contributed by atoms with Crippen LogP contribution in [-0.2, 0) is 0 Å². The Morgan fingerprint density at radius 3 is 2.38 bits per heavy atom. The van der Waals surface area contributed by atoms with Gasteiger partial charge in [0.1, 0.15) is 11.5 Å². The number of halogens is 1. The Labute approximate surface area is 150 Å². The van der Waals surface area contributed by atoms with E-state index in [2.05, 4.69) is 42.5 Å². The summed E-state index contributed by atoms with van der Waals surface area (Å²) in [5.74, 6) is -0.228. The van der Waals surface area contributed by atoms with Gasteiger partial charge in [-0.25, -0.2) is 9.37 Å². The molecule has 26 heavy (non-hydrogen) atoms. The summed E-state index contributed by atoms with van der Waals surface area (Å²) in [6.45, 7) is 4.25. The van der Waals surface area contributed by atoms with Crippen molar-refractivity contribution in [1.82, 2.24) is 9.38 Å². The van der Waals surface area contributed by atoms with Crippen LogP contribution in [0.2, 0.25) is 0 Å². The fraction of sp³-hybridized carbons (Fsp3) is 0.0870. The molecule has 2 aromatic heterocycles. The van der Waals surface area contributed by atoms with Gasteiger partial charge >= 0.3 is 0 Å². The molecule has 0 saturated heterocycles. The summed E-state index contributed by atoms with van der Waals surface area (Å²) in [5.41, 5.74) is 6.60. The van der Waals surface area contributed by atoms with Crippen molar-refractivity contribution in [2.45, 2.75) is 13.8 Å². The van der Waals surface area contributed by atoms with E-state index in [1.807, 2.05) is 30.5 Å². The van der Waals surface area contributed by atoms with E-state index >= 15 is 0 Å². The Hall–Kier alpha value is -3.20. The quantitative estimate of drug-likeness (QED) is 0.339. The van der Waals surface area contributed by atoms with Crippen LogP contribution in [0.25, 0.3) is 38.6 Å². The largest absolute Gasteiger partial charge is 0.292 e. The number of nitrogens with zero attached hydrogens (tertiary/aromatic N) is 2. The maximum Gasteiger partial charge on any atom is 0.145 e. The Morgan fingerprint density at radius 1 is 0.808 bits per heavy atom. The van der Waals surface area contributed by atoms with E-state index in [1.54, 1.807) is 6.07 Å². The van der Waals surface area contributed by atoms with Gasteiger partial charge in [-0.1, -0.05) is 36.4 Å². The summed E-state index contributed by atoms with van der Waals surface area (Å²) in [5, 5.41) is 2.88. The number of hydrogen-bond donors (Lipinski definition) is 0. The minimum atomic E-state index is -0.228.